The summed E-state index contributed by atoms with van der Waals surface area (Å²) in [5, 5.41) is 0. The maximum absolute atomic E-state index is 5.93. The van der Waals surface area contributed by atoms with Gasteiger partial charge in [-0.2, -0.15) is 0 Å². The second-order valence-electron chi connectivity index (χ2n) is 6.13. The Labute approximate surface area is 169 Å². The molecule has 0 saturated heterocycles. The molecule has 0 amide bonds. The van der Waals surface area contributed by atoms with Crippen LogP contribution in [0.3, 0.4) is 0 Å². The van der Waals surface area contributed by atoms with Gasteiger partial charge in [0.25, 0.3) is 0 Å². The van der Waals surface area contributed by atoms with Gasteiger partial charge in [-0.25, -0.2) is 0 Å². The molecule has 4 aromatic carbocycles. The zero-order valence-electron chi connectivity index (χ0n) is 15.8. The highest BCUT2D eigenvalue weighted by Gasteiger charge is 2.03. The van der Waals surface area contributed by atoms with Crippen LogP contribution in [0, 0.1) is 0 Å². The molecule has 5 nitrogen and oxygen atoms in total. The molecule has 0 atom stereocenters. The van der Waals surface area contributed by atoms with Crippen LogP contribution in [0.25, 0.3) is 0 Å². The molecule has 0 unspecified atom stereocenters. The Morgan fingerprint density at radius 3 is 1.31 bits per heavy atom. The molecule has 5 heteroatoms. The topological polar surface area (TPSA) is 88.7 Å². The zero-order chi connectivity index (χ0) is 19.2. The van der Waals surface area contributed by atoms with Crippen LogP contribution in [0.1, 0.15) is 0 Å². The highest BCUT2D eigenvalue weighted by Crippen LogP contribution is 2.30. The molecule has 146 valence electrons. The van der Waals surface area contributed by atoms with Crippen molar-refractivity contribution in [2.75, 3.05) is 5.73 Å². The fourth-order valence-electron chi connectivity index (χ4n) is 2.61. The van der Waals surface area contributed by atoms with Gasteiger partial charge in [0.15, 0.2) is 0 Å². The summed E-state index contributed by atoms with van der Waals surface area (Å²) < 4.78 is 17.6. The van der Waals surface area contributed by atoms with Crippen molar-refractivity contribution < 1.29 is 14.2 Å². The minimum absolute atomic E-state index is 0. The Bertz CT molecular complexity index is 1030. The van der Waals surface area contributed by atoms with E-state index in [2.05, 4.69) is 0 Å². The number of ether oxygens (including phenoxy) is 3. The first-order valence-electron chi connectivity index (χ1n) is 8.89. The van der Waals surface area contributed by atoms with Crippen LogP contribution in [-0.2, 0) is 0 Å². The summed E-state index contributed by atoms with van der Waals surface area (Å²) in [5.41, 5.74) is 6.39. The van der Waals surface area contributed by atoms with Crippen molar-refractivity contribution in [3.8, 4) is 34.5 Å². The Morgan fingerprint density at radius 1 is 0.414 bits per heavy atom. The first-order chi connectivity index (χ1) is 13.7. The van der Waals surface area contributed by atoms with Gasteiger partial charge in [0.05, 0.1) is 0 Å². The molecule has 0 saturated carbocycles. The van der Waals surface area contributed by atoms with Crippen LogP contribution in [0.4, 0.5) is 5.69 Å². The molecule has 0 aliphatic heterocycles. The summed E-state index contributed by atoms with van der Waals surface area (Å²) in [6.45, 7) is 0. The SMILES string of the molecule is N.Nc1ccc(Oc2ccc(Oc3cccc(Oc4ccccc4)c3)cc2)cc1. The van der Waals surface area contributed by atoms with Crippen molar-refractivity contribution in [2.24, 2.45) is 0 Å². The Balaban J connectivity index is 0.00000240. The lowest BCUT2D eigenvalue weighted by atomic mass is 10.3. The van der Waals surface area contributed by atoms with Gasteiger partial charge in [-0.15, -0.1) is 0 Å². The van der Waals surface area contributed by atoms with Crippen molar-refractivity contribution in [3.63, 3.8) is 0 Å². The first kappa shape index (κ1) is 19.8. The van der Waals surface area contributed by atoms with Gasteiger partial charge in [0.2, 0.25) is 0 Å². The van der Waals surface area contributed by atoms with E-state index in [4.69, 9.17) is 19.9 Å². The summed E-state index contributed by atoms with van der Waals surface area (Å²) in [4.78, 5) is 0. The summed E-state index contributed by atoms with van der Waals surface area (Å²) in [5.74, 6) is 4.35. The number of hydrogen-bond donors (Lipinski definition) is 2. The molecule has 0 aliphatic rings. The van der Waals surface area contributed by atoms with Crippen LogP contribution >= 0.6 is 0 Å². The number of anilines is 1. The molecule has 4 rings (SSSR count). The summed E-state index contributed by atoms with van der Waals surface area (Å²) >= 11 is 0. The average Bonchev–Trinajstić information content (AvgIpc) is 2.72. The van der Waals surface area contributed by atoms with Gasteiger partial charge in [0, 0.05) is 11.8 Å². The second-order valence-corrected chi connectivity index (χ2v) is 6.13. The predicted octanol–water partition coefficient (Wildman–Crippen LogP) is 6.81. The summed E-state index contributed by atoms with van der Waals surface area (Å²) in [6.07, 6.45) is 0. The molecule has 0 fully saturated rings. The number of nitrogen functional groups attached to an aromatic ring is 1. The molecule has 0 spiro atoms. The summed E-state index contributed by atoms with van der Waals surface area (Å²) in [6, 6.07) is 31.9. The Morgan fingerprint density at radius 2 is 0.793 bits per heavy atom. The van der Waals surface area contributed by atoms with Crippen LogP contribution in [0.2, 0.25) is 0 Å². The van der Waals surface area contributed by atoms with E-state index in [0.717, 1.165) is 17.2 Å². The fourth-order valence-corrected chi connectivity index (χ4v) is 2.61. The van der Waals surface area contributed by atoms with E-state index in [1.165, 1.54) is 0 Å². The van der Waals surface area contributed by atoms with Crippen LogP contribution in [-0.4, -0.2) is 0 Å². The van der Waals surface area contributed by atoms with Crippen molar-refractivity contribution in [2.45, 2.75) is 0 Å². The molecule has 0 heterocycles. The number of hydrogen-bond acceptors (Lipinski definition) is 5. The van der Waals surface area contributed by atoms with E-state index in [0.29, 0.717) is 22.9 Å². The zero-order valence-corrected chi connectivity index (χ0v) is 15.8. The molecule has 4 aromatic rings. The third-order valence-corrected chi connectivity index (χ3v) is 3.96. The fraction of sp³-hybridized carbons (Fsp3) is 0. The third kappa shape index (κ3) is 5.51. The standard InChI is InChI=1S/C24H19NO3.H3N/c25-18-9-11-20(12-10-18)26-21-13-15-22(16-14-21)28-24-8-4-7-23(17-24)27-19-5-2-1-3-6-19;/h1-17H,25H2;1H3. The molecular formula is C24H22N2O3. The number of para-hydroxylation sites is 1. The third-order valence-electron chi connectivity index (χ3n) is 3.96. The lowest BCUT2D eigenvalue weighted by Crippen LogP contribution is -1.88. The summed E-state index contributed by atoms with van der Waals surface area (Å²) in [7, 11) is 0. The van der Waals surface area contributed by atoms with Gasteiger partial charge in [-0.3, -0.25) is 0 Å². The van der Waals surface area contributed by atoms with Crippen molar-refractivity contribution >= 4 is 5.69 Å². The average molecular weight is 386 g/mol. The normalized spacial score (nSPS) is 9.93. The van der Waals surface area contributed by atoms with Gasteiger partial charge in [-0.1, -0.05) is 24.3 Å². The van der Waals surface area contributed by atoms with Gasteiger partial charge >= 0.3 is 0 Å². The van der Waals surface area contributed by atoms with Crippen molar-refractivity contribution in [3.05, 3.63) is 103 Å². The minimum atomic E-state index is 0. The van der Waals surface area contributed by atoms with E-state index in [-0.39, 0.29) is 6.15 Å². The maximum atomic E-state index is 5.93. The van der Waals surface area contributed by atoms with E-state index in [9.17, 15) is 0 Å². The minimum Gasteiger partial charge on any atom is -0.457 e. The first-order valence-corrected chi connectivity index (χ1v) is 8.89. The van der Waals surface area contributed by atoms with E-state index >= 15 is 0 Å². The molecule has 5 N–H and O–H groups in total. The van der Waals surface area contributed by atoms with Gasteiger partial charge in [-0.05, 0) is 72.8 Å². The predicted molar refractivity (Wildman–Crippen MR) is 115 cm³/mol. The molecule has 0 aliphatic carbocycles. The second kappa shape index (κ2) is 9.30. The lowest BCUT2D eigenvalue weighted by Gasteiger charge is -2.10. The lowest BCUT2D eigenvalue weighted by molar-refractivity contribution is 0.457. The Kier molecular flexibility index (Phi) is 6.35. The monoisotopic (exact) mass is 386 g/mol. The van der Waals surface area contributed by atoms with Crippen molar-refractivity contribution in [1.82, 2.24) is 6.15 Å². The molecule has 0 aromatic heterocycles. The molecular weight excluding hydrogens is 364 g/mol. The highest BCUT2D eigenvalue weighted by molar-refractivity contribution is 5.44. The number of benzene rings is 4. The highest BCUT2D eigenvalue weighted by atomic mass is 16.5. The smallest absolute Gasteiger partial charge is 0.131 e. The molecule has 0 radical (unpaired) electrons. The van der Waals surface area contributed by atoms with Crippen molar-refractivity contribution in [1.29, 1.82) is 0 Å². The Hall–Kier alpha value is -3.96. The number of nitrogens with two attached hydrogens (primary N) is 1. The molecule has 29 heavy (non-hydrogen) atoms. The van der Waals surface area contributed by atoms with Crippen LogP contribution in [0.5, 0.6) is 34.5 Å². The van der Waals surface area contributed by atoms with E-state index in [1.807, 2.05) is 91.0 Å². The molecule has 0 bridgehead atoms. The van der Waals surface area contributed by atoms with E-state index < -0.39 is 0 Å². The van der Waals surface area contributed by atoms with Crippen LogP contribution in [0.15, 0.2) is 103 Å². The maximum Gasteiger partial charge on any atom is 0.131 e. The van der Waals surface area contributed by atoms with Gasteiger partial charge < -0.3 is 26.1 Å². The number of rotatable bonds is 6. The van der Waals surface area contributed by atoms with E-state index in [1.54, 1.807) is 12.1 Å². The quantitative estimate of drug-likeness (QED) is 0.355. The largest absolute Gasteiger partial charge is 0.457 e. The van der Waals surface area contributed by atoms with Gasteiger partial charge in [0.1, 0.15) is 34.5 Å². The van der Waals surface area contributed by atoms with Crippen LogP contribution < -0.4 is 26.1 Å².